The number of carbonyl (C=O) groups is 1. The third-order valence-corrected chi connectivity index (χ3v) is 3.16. The van der Waals surface area contributed by atoms with Crippen LogP contribution in [0.3, 0.4) is 0 Å². The molecule has 0 aromatic carbocycles. The van der Waals surface area contributed by atoms with Gasteiger partial charge in [0, 0.05) is 26.0 Å². The maximum absolute atomic E-state index is 11.8. The largest absolute Gasteiger partial charge is 0.340 e. The number of aromatic nitrogens is 1. The first kappa shape index (κ1) is 12.0. The van der Waals surface area contributed by atoms with Crippen molar-refractivity contribution in [3.05, 3.63) is 30.1 Å². The number of amides is 1. The molecule has 1 aromatic heterocycles. The molecule has 1 amide bonds. The fraction of sp³-hybridized carbons (Fsp3) is 0.455. The highest BCUT2D eigenvalue weighted by Gasteiger charge is 2.15. The summed E-state index contributed by atoms with van der Waals surface area (Å²) in [5.41, 5.74) is 1.11. The van der Waals surface area contributed by atoms with Crippen molar-refractivity contribution in [3.8, 4) is 0 Å². The van der Waals surface area contributed by atoms with Crippen LogP contribution in [0, 0.1) is 0 Å². The highest BCUT2D eigenvalue weighted by atomic mass is 32.2. The van der Waals surface area contributed by atoms with E-state index in [0.29, 0.717) is 6.54 Å². The quantitative estimate of drug-likeness (QED) is 0.782. The van der Waals surface area contributed by atoms with Gasteiger partial charge in [-0.3, -0.25) is 9.78 Å². The molecule has 0 saturated carbocycles. The number of hydrogen-bond donors (Lipinski definition) is 0. The normalized spacial score (nSPS) is 12.2. The maximum Gasteiger partial charge on any atom is 0.235 e. The summed E-state index contributed by atoms with van der Waals surface area (Å²) < 4.78 is 0. The summed E-state index contributed by atoms with van der Waals surface area (Å²) in [6.07, 6.45) is 5.43. The van der Waals surface area contributed by atoms with Crippen molar-refractivity contribution in [1.82, 2.24) is 9.88 Å². The van der Waals surface area contributed by atoms with E-state index in [1.54, 1.807) is 29.1 Å². The molecule has 0 fully saturated rings. The van der Waals surface area contributed by atoms with E-state index >= 15 is 0 Å². The molecule has 0 aliphatic heterocycles. The topological polar surface area (TPSA) is 33.2 Å². The van der Waals surface area contributed by atoms with Gasteiger partial charge in [0.15, 0.2) is 0 Å². The maximum atomic E-state index is 11.8. The van der Waals surface area contributed by atoms with Crippen LogP contribution in [0.15, 0.2) is 24.5 Å². The zero-order valence-corrected chi connectivity index (χ0v) is 10.1. The Hall–Kier alpha value is -1.03. The smallest absolute Gasteiger partial charge is 0.235 e. The molecular formula is C11H16N2OS. The van der Waals surface area contributed by atoms with E-state index in [0.717, 1.165) is 5.56 Å². The molecule has 0 unspecified atom stereocenters. The molecule has 0 saturated heterocycles. The Labute approximate surface area is 94.9 Å². The van der Waals surface area contributed by atoms with Gasteiger partial charge in [-0.2, -0.15) is 11.8 Å². The minimum Gasteiger partial charge on any atom is -0.340 e. The molecule has 1 rings (SSSR count). The van der Waals surface area contributed by atoms with E-state index in [1.807, 2.05) is 32.4 Å². The van der Waals surface area contributed by atoms with Gasteiger partial charge < -0.3 is 4.90 Å². The summed E-state index contributed by atoms with van der Waals surface area (Å²) in [5.74, 6) is 0.166. The Kier molecular flexibility index (Phi) is 4.62. The minimum atomic E-state index is 0.0248. The zero-order valence-electron chi connectivity index (χ0n) is 9.30. The Morgan fingerprint density at radius 2 is 2.13 bits per heavy atom. The predicted octanol–water partition coefficient (Wildman–Crippen LogP) is 1.79. The zero-order chi connectivity index (χ0) is 11.3. The predicted molar refractivity (Wildman–Crippen MR) is 63.7 cm³/mol. The summed E-state index contributed by atoms with van der Waals surface area (Å²) in [6, 6.07) is 3.85. The summed E-state index contributed by atoms with van der Waals surface area (Å²) in [4.78, 5) is 17.5. The van der Waals surface area contributed by atoms with Gasteiger partial charge in [0.05, 0.1) is 5.25 Å². The van der Waals surface area contributed by atoms with Gasteiger partial charge in [0.1, 0.15) is 0 Å². The van der Waals surface area contributed by atoms with E-state index in [2.05, 4.69) is 4.98 Å². The molecule has 0 aliphatic rings. The van der Waals surface area contributed by atoms with Crippen molar-refractivity contribution in [1.29, 1.82) is 0 Å². The SMILES string of the molecule is CS[C@@H](C)C(=O)N(C)Cc1ccncc1. The van der Waals surface area contributed by atoms with Crippen molar-refractivity contribution < 1.29 is 4.79 Å². The lowest BCUT2D eigenvalue weighted by Gasteiger charge is -2.20. The molecule has 0 N–H and O–H groups in total. The molecule has 0 radical (unpaired) electrons. The first-order chi connectivity index (χ1) is 7.15. The van der Waals surface area contributed by atoms with E-state index in [9.17, 15) is 4.79 Å². The average Bonchev–Trinajstić information content (AvgIpc) is 2.28. The van der Waals surface area contributed by atoms with Crippen molar-refractivity contribution >= 4 is 17.7 Å². The second kappa shape index (κ2) is 5.75. The third kappa shape index (κ3) is 3.55. The third-order valence-electron chi connectivity index (χ3n) is 2.25. The van der Waals surface area contributed by atoms with Crippen LogP contribution in [0.25, 0.3) is 0 Å². The number of thioether (sulfide) groups is 1. The van der Waals surface area contributed by atoms with Crippen LogP contribution in [0.5, 0.6) is 0 Å². The number of pyridine rings is 1. The molecule has 15 heavy (non-hydrogen) atoms. The van der Waals surface area contributed by atoms with Gasteiger partial charge in [0.25, 0.3) is 0 Å². The Morgan fingerprint density at radius 3 is 2.67 bits per heavy atom. The summed E-state index contributed by atoms with van der Waals surface area (Å²) >= 11 is 1.57. The summed E-state index contributed by atoms with van der Waals surface area (Å²) in [7, 11) is 1.83. The van der Waals surface area contributed by atoms with Crippen LogP contribution in [0.2, 0.25) is 0 Å². The highest BCUT2D eigenvalue weighted by Crippen LogP contribution is 2.10. The van der Waals surface area contributed by atoms with Gasteiger partial charge in [-0.15, -0.1) is 0 Å². The lowest BCUT2D eigenvalue weighted by atomic mass is 10.2. The van der Waals surface area contributed by atoms with Crippen molar-refractivity contribution in [3.63, 3.8) is 0 Å². The van der Waals surface area contributed by atoms with Crippen LogP contribution in [-0.4, -0.2) is 34.3 Å². The van der Waals surface area contributed by atoms with E-state index in [-0.39, 0.29) is 11.2 Å². The lowest BCUT2D eigenvalue weighted by molar-refractivity contribution is -0.129. The molecular weight excluding hydrogens is 208 g/mol. The van der Waals surface area contributed by atoms with Crippen LogP contribution < -0.4 is 0 Å². The van der Waals surface area contributed by atoms with Crippen LogP contribution in [0.4, 0.5) is 0 Å². The number of nitrogens with zero attached hydrogens (tertiary/aromatic N) is 2. The number of hydrogen-bond acceptors (Lipinski definition) is 3. The summed E-state index contributed by atoms with van der Waals surface area (Å²) in [5, 5.41) is 0.0248. The van der Waals surface area contributed by atoms with E-state index in [1.165, 1.54) is 0 Å². The summed E-state index contributed by atoms with van der Waals surface area (Å²) in [6.45, 7) is 2.57. The molecule has 4 heteroatoms. The second-order valence-corrected chi connectivity index (χ2v) is 4.61. The highest BCUT2D eigenvalue weighted by molar-refractivity contribution is 7.99. The molecule has 82 valence electrons. The first-order valence-corrected chi connectivity index (χ1v) is 6.10. The Bertz CT molecular complexity index is 316. The van der Waals surface area contributed by atoms with Crippen LogP contribution in [0.1, 0.15) is 12.5 Å². The van der Waals surface area contributed by atoms with Gasteiger partial charge in [-0.1, -0.05) is 0 Å². The number of carbonyl (C=O) groups excluding carboxylic acids is 1. The van der Waals surface area contributed by atoms with Crippen molar-refractivity contribution in [2.24, 2.45) is 0 Å². The molecule has 1 atom stereocenters. The van der Waals surface area contributed by atoms with Gasteiger partial charge >= 0.3 is 0 Å². The number of rotatable bonds is 4. The van der Waals surface area contributed by atoms with Crippen molar-refractivity contribution in [2.75, 3.05) is 13.3 Å². The standard InChI is InChI=1S/C11H16N2OS/c1-9(15-3)11(14)13(2)8-10-4-6-12-7-5-10/h4-7,9H,8H2,1-3H3/t9-/m0/s1. The Morgan fingerprint density at radius 1 is 1.53 bits per heavy atom. The van der Waals surface area contributed by atoms with Crippen LogP contribution in [-0.2, 0) is 11.3 Å². The van der Waals surface area contributed by atoms with Gasteiger partial charge in [-0.25, -0.2) is 0 Å². The fourth-order valence-electron chi connectivity index (χ4n) is 1.25. The van der Waals surface area contributed by atoms with E-state index < -0.39 is 0 Å². The minimum absolute atomic E-state index is 0.0248. The second-order valence-electron chi connectivity index (χ2n) is 3.43. The fourth-order valence-corrected chi connectivity index (χ4v) is 1.63. The molecule has 0 bridgehead atoms. The van der Waals surface area contributed by atoms with Crippen LogP contribution >= 0.6 is 11.8 Å². The first-order valence-electron chi connectivity index (χ1n) is 4.82. The Balaban J connectivity index is 2.56. The van der Waals surface area contributed by atoms with E-state index in [4.69, 9.17) is 0 Å². The molecule has 1 heterocycles. The average molecular weight is 224 g/mol. The monoisotopic (exact) mass is 224 g/mol. The molecule has 0 spiro atoms. The van der Waals surface area contributed by atoms with Gasteiger partial charge in [0.2, 0.25) is 5.91 Å². The molecule has 0 aliphatic carbocycles. The molecule has 1 aromatic rings. The van der Waals surface area contributed by atoms with Gasteiger partial charge in [-0.05, 0) is 30.9 Å². The van der Waals surface area contributed by atoms with Crippen molar-refractivity contribution in [2.45, 2.75) is 18.7 Å². The lowest BCUT2D eigenvalue weighted by Crippen LogP contribution is -2.32. The molecule has 3 nitrogen and oxygen atoms in total.